The van der Waals surface area contributed by atoms with Gasteiger partial charge in [-0.25, -0.2) is 5.43 Å². The van der Waals surface area contributed by atoms with Crippen LogP contribution in [0.3, 0.4) is 0 Å². The molecule has 0 fully saturated rings. The zero-order valence-electron chi connectivity index (χ0n) is 14.3. The summed E-state index contributed by atoms with van der Waals surface area (Å²) in [5.74, 6) is 1.05. The first-order chi connectivity index (χ1) is 12.2. The lowest BCUT2D eigenvalue weighted by Gasteiger charge is -2.09. The summed E-state index contributed by atoms with van der Waals surface area (Å²) < 4.78 is 11.1. The van der Waals surface area contributed by atoms with Crippen LogP contribution in [0.1, 0.15) is 18.1 Å². The summed E-state index contributed by atoms with van der Waals surface area (Å²) >= 11 is 0. The molecule has 0 saturated carbocycles. The summed E-state index contributed by atoms with van der Waals surface area (Å²) in [5, 5.41) is 3.95. The van der Waals surface area contributed by atoms with Gasteiger partial charge in [0.25, 0.3) is 5.91 Å². The topological polar surface area (TPSA) is 59.9 Å². The Morgan fingerprint density at radius 2 is 1.84 bits per heavy atom. The third-order valence-electron chi connectivity index (χ3n) is 3.31. The summed E-state index contributed by atoms with van der Waals surface area (Å²) in [6, 6.07) is 15.0. The molecule has 0 bridgehead atoms. The summed E-state index contributed by atoms with van der Waals surface area (Å²) in [7, 11) is 0. The van der Waals surface area contributed by atoms with Crippen LogP contribution in [0.5, 0.6) is 11.5 Å². The first-order valence-electron chi connectivity index (χ1n) is 8.10. The molecule has 130 valence electrons. The number of allylic oxidation sites excluding steroid dienone is 1. The molecule has 0 heterocycles. The van der Waals surface area contributed by atoms with E-state index in [1.807, 2.05) is 55.5 Å². The second-order valence-electron chi connectivity index (χ2n) is 5.15. The Labute approximate surface area is 148 Å². The van der Waals surface area contributed by atoms with Crippen molar-refractivity contribution in [3.8, 4) is 11.5 Å². The molecule has 5 nitrogen and oxygen atoms in total. The lowest BCUT2D eigenvalue weighted by molar-refractivity contribution is -0.123. The molecule has 5 heteroatoms. The van der Waals surface area contributed by atoms with Gasteiger partial charge in [0.05, 0.1) is 12.8 Å². The molecule has 2 aromatic carbocycles. The molecule has 25 heavy (non-hydrogen) atoms. The number of amides is 1. The highest BCUT2D eigenvalue weighted by Crippen LogP contribution is 2.18. The summed E-state index contributed by atoms with van der Waals surface area (Å²) in [6.45, 7) is 6.08. The number of para-hydroxylation sites is 2. The van der Waals surface area contributed by atoms with Gasteiger partial charge in [0.1, 0.15) is 11.5 Å². The van der Waals surface area contributed by atoms with Crippen molar-refractivity contribution in [3.05, 3.63) is 72.3 Å². The first kappa shape index (κ1) is 18.3. The Kier molecular flexibility index (Phi) is 7.25. The average Bonchev–Trinajstić information content (AvgIpc) is 2.63. The Bertz CT molecular complexity index is 741. The molecule has 1 amide bonds. The summed E-state index contributed by atoms with van der Waals surface area (Å²) in [5.41, 5.74) is 4.23. The van der Waals surface area contributed by atoms with Crippen LogP contribution in [-0.4, -0.2) is 25.3 Å². The Hall–Kier alpha value is -3.08. The number of hydrogen-bond donors (Lipinski definition) is 1. The lowest BCUT2D eigenvalue weighted by Crippen LogP contribution is -2.24. The van der Waals surface area contributed by atoms with Crippen molar-refractivity contribution in [2.75, 3.05) is 13.2 Å². The SMILES string of the molecule is C=CCc1ccccc1OCC(=O)N/N=C\c1ccccc1OCC. The molecule has 0 aromatic heterocycles. The second-order valence-corrected chi connectivity index (χ2v) is 5.15. The molecule has 0 aliphatic carbocycles. The number of hydrazone groups is 1. The Balaban J connectivity index is 1.88. The minimum Gasteiger partial charge on any atom is -0.493 e. The van der Waals surface area contributed by atoms with E-state index >= 15 is 0 Å². The monoisotopic (exact) mass is 338 g/mol. The van der Waals surface area contributed by atoms with E-state index in [1.165, 1.54) is 0 Å². The first-order valence-corrected chi connectivity index (χ1v) is 8.10. The van der Waals surface area contributed by atoms with Gasteiger partial charge in [0.2, 0.25) is 0 Å². The number of nitrogens with zero attached hydrogens (tertiary/aromatic N) is 1. The number of nitrogens with one attached hydrogen (secondary N) is 1. The van der Waals surface area contributed by atoms with E-state index in [4.69, 9.17) is 9.47 Å². The van der Waals surface area contributed by atoms with E-state index in [0.717, 1.165) is 16.9 Å². The van der Waals surface area contributed by atoms with Gasteiger partial charge in [-0.1, -0.05) is 36.4 Å². The van der Waals surface area contributed by atoms with Gasteiger partial charge < -0.3 is 9.47 Å². The van der Waals surface area contributed by atoms with E-state index in [0.29, 0.717) is 18.8 Å². The van der Waals surface area contributed by atoms with Crippen molar-refractivity contribution < 1.29 is 14.3 Å². The van der Waals surface area contributed by atoms with Gasteiger partial charge in [-0.3, -0.25) is 4.79 Å². The van der Waals surface area contributed by atoms with Gasteiger partial charge in [-0.15, -0.1) is 6.58 Å². The molecule has 2 aromatic rings. The number of benzene rings is 2. The van der Waals surface area contributed by atoms with Gasteiger partial charge in [-0.2, -0.15) is 5.10 Å². The van der Waals surface area contributed by atoms with Crippen LogP contribution >= 0.6 is 0 Å². The predicted octanol–water partition coefficient (Wildman–Crippen LogP) is 3.34. The van der Waals surface area contributed by atoms with Crippen LogP contribution in [0, 0.1) is 0 Å². The van der Waals surface area contributed by atoms with Crippen LogP contribution in [0.4, 0.5) is 0 Å². The third kappa shape index (κ3) is 5.80. The summed E-state index contributed by atoms with van der Waals surface area (Å²) in [4.78, 5) is 11.9. The van der Waals surface area contributed by atoms with Crippen LogP contribution in [0.25, 0.3) is 0 Å². The van der Waals surface area contributed by atoms with Crippen molar-refractivity contribution in [1.82, 2.24) is 5.43 Å². The maximum Gasteiger partial charge on any atom is 0.277 e. The molecule has 1 N–H and O–H groups in total. The quantitative estimate of drug-likeness (QED) is 0.433. The van der Waals surface area contributed by atoms with Crippen molar-refractivity contribution in [3.63, 3.8) is 0 Å². The Morgan fingerprint density at radius 1 is 1.12 bits per heavy atom. The van der Waals surface area contributed by atoms with E-state index in [2.05, 4.69) is 17.1 Å². The Morgan fingerprint density at radius 3 is 2.60 bits per heavy atom. The maximum atomic E-state index is 11.9. The molecular formula is C20H22N2O3. The highest BCUT2D eigenvalue weighted by Gasteiger charge is 2.05. The molecule has 2 rings (SSSR count). The molecule has 0 radical (unpaired) electrons. The van der Waals surface area contributed by atoms with Crippen molar-refractivity contribution in [2.45, 2.75) is 13.3 Å². The van der Waals surface area contributed by atoms with Gasteiger partial charge >= 0.3 is 0 Å². The van der Waals surface area contributed by atoms with Crippen molar-refractivity contribution >= 4 is 12.1 Å². The fourth-order valence-corrected chi connectivity index (χ4v) is 2.19. The largest absolute Gasteiger partial charge is 0.493 e. The zero-order valence-corrected chi connectivity index (χ0v) is 14.3. The van der Waals surface area contributed by atoms with E-state index in [-0.39, 0.29) is 12.5 Å². The van der Waals surface area contributed by atoms with E-state index in [9.17, 15) is 4.79 Å². The highest BCUT2D eigenvalue weighted by atomic mass is 16.5. The minimum absolute atomic E-state index is 0.112. The molecule has 0 aliphatic rings. The standard InChI is InChI=1S/C20H22N2O3/c1-3-9-16-10-5-7-12-18(16)25-15-20(23)22-21-14-17-11-6-8-13-19(17)24-4-2/h3,5-8,10-14H,1,4,9,15H2,2H3,(H,22,23)/b21-14-. The number of carbonyl (C=O) groups excluding carboxylic acids is 1. The van der Waals surface area contributed by atoms with Crippen LogP contribution in [0.15, 0.2) is 66.3 Å². The number of rotatable bonds is 9. The smallest absolute Gasteiger partial charge is 0.277 e. The molecule has 0 atom stereocenters. The van der Waals surface area contributed by atoms with Crippen molar-refractivity contribution in [2.24, 2.45) is 5.10 Å². The van der Waals surface area contributed by atoms with E-state index < -0.39 is 0 Å². The normalized spacial score (nSPS) is 10.4. The maximum absolute atomic E-state index is 11.9. The molecule has 0 spiro atoms. The van der Waals surface area contributed by atoms with Gasteiger partial charge in [-0.05, 0) is 37.1 Å². The zero-order chi connectivity index (χ0) is 17.9. The second kappa shape index (κ2) is 9.93. The number of hydrogen-bond acceptors (Lipinski definition) is 4. The summed E-state index contributed by atoms with van der Waals surface area (Å²) in [6.07, 6.45) is 4.03. The fraction of sp³-hybridized carbons (Fsp3) is 0.200. The van der Waals surface area contributed by atoms with Gasteiger partial charge in [0, 0.05) is 5.56 Å². The molecule has 0 unspecified atom stereocenters. The number of carbonyl (C=O) groups is 1. The van der Waals surface area contributed by atoms with Crippen LogP contribution < -0.4 is 14.9 Å². The average molecular weight is 338 g/mol. The van der Waals surface area contributed by atoms with E-state index in [1.54, 1.807) is 12.3 Å². The number of ether oxygens (including phenoxy) is 2. The fourth-order valence-electron chi connectivity index (χ4n) is 2.19. The van der Waals surface area contributed by atoms with Crippen LogP contribution in [0.2, 0.25) is 0 Å². The highest BCUT2D eigenvalue weighted by molar-refractivity contribution is 5.85. The predicted molar refractivity (Wildman–Crippen MR) is 99.2 cm³/mol. The molecular weight excluding hydrogens is 316 g/mol. The molecule has 0 aliphatic heterocycles. The van der Waals surface area contributed by atoms with Crippen molar-refractivity contribution in [1.29, 1.82) is 0 Å². The van der Waals surface area contributed by atoms with Gasteiger partial charge in [0.15, 0.2) is 6.61 Å². The van der Waals surface area contributed by atoms with Crippen LogP contribution in [-0.2, 0) is 11.2 Å². The molecule has 0 saturated heterocycles. The lowest BCUT2D eigenvalue weighted by atomic mass is 10.1. The minimum atomic E-state index is -0.335. The third-order valence-corrected chi connectivity index (χ3v) is 3.31.